The van der Waals surface area contributed by atoms with Crippen molar-refractivity contribution in [3.05, 3.63) is 54.1 Å². The molecule has 0 unspecified atom stereocenters. The third kappa shape index (κ3) is 6.71. The lowest BCUT2D eigenvalue weighted by Crippen LogP contribution is -2.45. The maximum atomic E-state index is 13.0. The molecule has 2 aromatic carbocycles. The van der Waals surface area contributed by atoms with Crippen molar-refractivity contribution in [2.75, 3.05) is 29.0 Å². The first-order valence-electron chi connectivity index (χ1n) is 10.6. The average Bonchev–Trinajstić information content (AvgIpc) is 2.74. The Morgan fingerprint density at radius 3 is 2.31 bits per heavy atom. The largest absolute Gasteiger partial charge is 0.494 e. The predicted octanol–water partition coefficient (Wildman–Crippen LogP) is 3.41. The van der Waals surface area contributed by atoms with Gasteiger partial charge in [0.2, 0.25) is 15.9 Å². The van der Waals surface area contributed by atoms with Crippen molar-refractivity contribution in [2.45, 2.75) is 39.7 Å². The zero-order chi connectivity index (χ0) is 23.7. The van der Waals surface area contributed by atoms with Gasteiger partial charge in [0.05, 0.1) is 29.8 Å². The molecule has 2 amide bonds. The molecule has 0 aliphatic heterocycles. The highest BCUT2D eigenvalue weighted by molar-refractivity contribution is 7.92. The van der Waals surface area contributed by atoms with Crippen molar-refractivity contribution >= 4 is 33.2 Å². The number of nitrogens with one attached hydrogen (secondary N) is 2. The Labute approximate surface area is 190 Å². The van der Waals surface area contributed by atoms with Gasteiger partial charge in [-0.25, -0.2) is 8.42 Å². The number of sulfonamides is 1. The van der Waals surface area contributed by atoms with E-state index in [9.17, 15) is 18.0 Å². The number of hydrogen-bond acceptors (Lipinski definition) is 5. The maximum Gasteiger partial charge on any atom is 0.253 e. The van der Waals surface area contributed by atoms with Gasteiger partial charge in [-0.3, -0.25) is 13.9 Å². The fraction of sp³-hybridized carbons (Fsp3) is 0.391. The molecule has 174 valence electrons. The highest BCUT2D eigenvalue weighted by Gasteiger charge is 2.29. The second kappa shape index (κ2) is 11.5. The lowest BCUT2D eigenvalue weighted by molar-refractivity contribution is -0.116. The van der Waals surface area contributed by atoms with Gasteiger partial charge in [-0.15, -0.1) is 0 Å². The van der Waals surface area contributed by atoms with Crippen LogP contribution in [0.15, 0.2) is 48.5 Å². The Morgan fingerprint density at radius 1 is 1.06 bits per heavy atom. The SMILES string of the molecule is CCCCNC(=O)c1ccccc1NC(=O)[C@H](C)N(c1ccc(OCC)cc1)S(C)(=O)=O. The van der Waals surface area contributed by atoms with E-state index < -0.39 is 22.0 Å². The van der Waals surface area contributed by atoms with Crippen LogP contribution in [0, 0.1) is 0 Å². The van der Waals surface area contributed by atoms with Gasteiger partial charge in [-0.05, 0) is 56.7 Å². The Morgan fingerprint density at radius 2 is 1.72 bits per heavy atom. The molecule has 2 rings (SSSR count). The molecule has 0 radical (unpaired) electrons. The van der Waals surface area contributed by atoms with Crippen molar-refractivity contribution in [1.29, 1.82) is 0 Å². The van der Waals surface area contributed by atoms with E-state index in [2.05, 4.69) is 10.6 Å². The van der Waals surface area contributed by atoms with Gasteiger partial charge in [0, 0.05) is 6.54 Å². The van der Waals surface area contributed by atoms with Crippen molar-refractivity contribution in [3.63, 3.8) is 0 Å². The number of anilines is 2. The van der Waals surface area contributed by atoms with Crippen LogP contribution in [-0.2, 0) is 14.8 Å². The zero-order valence-electron chi connectivity index (χ0n) is 18.9. The van der Waals surface area contributed by atoms with Gasteiger partial charge in [0.1, 0.15) is 11.8 Å². The van der Waals surface area contributed by atoms with Crippen molar-refractivity contribution in [3.8, 4) is 5.75 Å². The molecule has 0 spiro atoms. The summed E-state index contributed by atoms with van der Waals surface area (Å²) in [6.45, 7) is 6.40. The maximum absolute atomic E-state index is 13.0. The molecule has 9 heteroatoms. The summed E-state index contributed by atoms with van der Waals surface area (Å²) in [5.41, 5.74) is 0.971. The van der Waals surface area contributed by atoms with Crippen LogP contribution in [0.1, 0.15) is 44.0 Å². The zero-order valence-corrected chi connectivity index (χ0v) is 19.7. The number of para-hydroxylation sites is 1. The molecule has 0 saturated heterocycles. The minimum Gasteiger partial charge on any atom is -0.494 e. The Balaban J connectivity index is 2.25. The summed E-state index contributed by atoms with van der Waals surface area (Å²) in [6.07, 6.45) is 2.84. The summed E-state index contributed by atoms with van der Waals surface area (Å²) in [4.78, 5) is 25.5. The predicted molar refractivity (Wildman–Crippen MR) is 127 cm³/mol. The molecule has 0 aromatic heterocycles. The summed E-state index contributed by atoms with van der Waals surface area (Å²) in [5.74, 6) is -0.253. The molecular weight excluding hydrogens is 430 g/mol. The lowest BCUT2D eigenvalue weighted by atomic mass is 10.1. The highest BCUT2D eigenvalue weighted by Crippen LogP contribution is 2.25. The van der Waals surface area contributed by atoms with E-state index in [0.29, 0.717) is 35.8 Å². The smallest absolute Gasteiger partial charge is 0.253 e. The summed E-state index contributed by atoms with van der Waals surface area (Å²) in [7, 11) is -3.77. The molecule has 0 fully saturated rings. The molecule has 1 atom stereocenters. The van der Waals surface area contributed by atoms with Crippen LogP contribution >= 0.6 is 0 Å². The first-order valence-corrected chi connectivity index (χ1v) is 12.4. The number of amides is 2. The molecule has 0 bridgehead atoms. The topological polar surface area (TPSA) is 105 Å². The van der Waals surface area contributed by atoms with E-state index in [1.165, 1.54) is 6.92 Å². The van der Waals surface area contributed by atoms with Crippen LogP contribution in [0.25, 0.3) is 0 Å². The van der Waals surface area contributed by atoms with Gasteiger partial charge >= 0.3 is 0 Å². The summed E-state index contributed by atoms with van der Waals surface area (Å²) < 4.78 is 31.5. The van der Waals surface area contributed by atoms with Crippen LogP contribution in [0.2, 0.25) is 0 Å². The summed E-state index contributed by atoms with van der Waals surface area (Å²) >= 11 is 0. The van der Waals surface area contributed by atoms with E-state index in [-0.39, 0.29) is 5.91 Å². The minimum atomic E-state index is -3.77. The van der Waals surface area contributed by atoms with Crippen molar-refractivity contribution in [1.82, 2.24) is 5.32 Å². The van der Waals surface area contributed by atoms with Gasteiger partial charge in [-0.1, -0.05) is 25.5 Å². The van der Waals surface area contributed by atoms with E-state index in [4.69, 9.17) is 4.74 Å². The highest BCUT2D eigenvalue weighted by atomic mass is 32.2. The molecule has 2 aromatic rings. The van der Waals surface area contributed by atoms with Crippen LogP contribution < -0.4 is 19.7 Å². The fourth-order valence-corrected chi connectivity index (χ4v) is 4.34. The molecule has 8 nitrogen and oxygen atoms in total. The molecular formula is C23H31N3O5S. The van der Waals surface area contributed by atoms with E-state index in [0.717, 1.165) is 23.4 Å². The van der Waals surface area contributed by atoms with Crippen molar-refractivity contribution < 1.29 is 22.7 Å². The van der Waals surface area contributed by atoms with Gasteiger partial charge < -0.3 is 15.4 Å². The Kier molecular flexibility index (Phi) is 9.07. The number of benzene rings is 2. The number of ether oxygens (including phenoxy) is 1. The first kappa shape index (κ1) is 25.2. The van der Waals surface area contributed by atoms with Gasteiger partial charge in [0.25, 0.3) is 5.91 Å². The molecule has 0 saturated carbocycles. The number of rotatable bonds is 11. The number of nitrogens with zero attached hydrogens (tertiary/aromatic N) is 1. The molecule has 2 N–H and O–H groups in total. The van der Waals surface area contributed by atoms with E-state index in [1.54, 1.807) is 48.5 Å². The lowest BCUT2D eigenvalue weighted by Gasteiger charge is -2.28. The standard InChI is InChI=1S/C23H31N3O5S/c1-5-7-16-24-23(28)20-10-8-9-11-21(20)25-22(27)17(3)26(32(4,29)30)18-12-14-19(15-13-18)31-6-2/h8-15,17H,5-7,16H2,1-4H3,(H,24,28)(H,25,27)/t17-/m0/s1. The second-order valence-corrected chi connectivity index (χ2v) is 9.17. The Bertz CT molecular complexity index is 1020. The fourth-order valence-electron chi connectivity index (χ4n) is 3.17. The molecule has 0 heterocycles. The van der Waals surface area contributed by atoms with Crippen molar-refractivity contribution in [2.24, 2.45) is 0 Å². The minimum absolute atomic E-state index is 0.298. The second-order valence-electron chi connectivity index (χ2n) is 7.31. The van der Waals surface area contributed by atoms with E-state index >= 15 is 0 Å². The van der Waals surface area contributed by atoms with Gasteiger partial charge in [-0.2, -0.15) is 0 Å². The monoisotopic (exact) mass is 461 g/mol. The third-order valence-corrected chi connectivity index (χ3v) is 5.98. The molecule has 0 aliphatic carbocycles. The van der Waals surface area contributed by atoms with E-state index in [1.807, 2.05) is 13.8 Å². The summed E-state index contributed by atoms with van der Waals surface area (Å²) in [5, 5.41) is 5.53. The number of unbranched alkanes of at least 4 members (excludes halogenated alkanes) is 1. The third-order valence-electron chi connectivity index (χ3n) is 4.74. The van der Waals surface area contributed by atoms with Crippen LogP contribution in [0.5, 0.6) is 5.75 Å². The quantitative estimate of drug-likeness (QED) is 0.499. The van der Waals surface area contributed by atoms with Crippen LogP contribution in [-0.4, -0.2) is 45.7 Å². The summed E-state index contributed by atoms with van der Waals surface area (Å²) in [6, 6.07) is 12.0. The van der Waals surface area contributed by atoms with Crippen LogP contribution in [0.4, 0.5) is 11.4 Å². The number of hydrogen-bond donors (Lipinski definition) is 2. The molecule has 0 aliphatic rings. The normalized spacial score (nSPS) is 12.0. The Hall–Kier alpha value is -3.07. The first-order chi connectivity index (χ1) is 15.2. The average molecular weight is 462 g/mol. The van der Waals surface area contributed by atoms with Gasteiger partial charge in [0.15, 0.2) is 0 Å². The number of carbonyl (C=O) groups is 2. The molecule has 32 heavy (non-hydrogen) atoms. The van der Waals surface area contributed by atoms with Crippen LogP contribution in [0.3, 0.4) is 0 Å². The number of carbonyl (C=O) groups excluding carboxylic acids is 2.